The average Bonchev–Trinajstić information content (AvgIpc) is 2.78. The van der Waals surface area contributed by atoms with Gasteiger partial charge < -0.3 is 16.0 Å². The molecule has 148 valence electrons. The number of nitrogens with zero attached hydrogens (tertiary/aromatic N) is 4. The van der Waals surface area contributed by atoms with Gasteiger partial charge in [0.05, 0.1) is 34.5 Å². The molecule has 2 aromatic heterocycles. The molecule has 0 amide bonds. The number of nitrogens with one attached hydrogen (secondary N) is 3. The lowest BCUT2D eigenvalue weighted by molar-refractivity contribution is 1.05. The second kappa shape index (κ2) is 9.25. The van der Waals surface area contributed by atoms with E-state index in [0.29, 0.717) is 21.9 Å². The molecule has 2 heterocycles. The van der Waals surface area contributed by atoms with Gasteiger partial charge in [-0.15, -0.1) is 10.2 Å². The minimum Gasteiger partial charge on any atom is -0.331 e. The molecule has 0 bridgehead atoms. The third kappa shape index (κ3) is 5.05. The number of aromatic nitrogens is 4. The first-order valence-electron chi connectivity index (χ1n) is 8.98. The maximum atomic E-state index is 5.83. The molecule has 2 aromatic carbocycles. The largest absolute Gasteiger partial charge is 0.331 e. The van der Waals surface area contributed by atoms with Crippen molar-refractivity contribution in [2.45, 2.75) is 0 Å². The van der Waals surface area contributed by atoms with E-state index in [1.807, 2.05) is 66.7 Å². The van der Waals surface area contributed by atoms with Crippen LogP contribution in [0.3, 0.4) is 0 Å². The van der Waals surface area contributed by atoms with E-state index in [9.17, 15) is 0 Å². The molecule has 9 heteroatoms. The van der Waals surface area contributed by atoms with Crippen LogP contribution in [0, 0.1) is 0 Å². The fourth-order valence-electron chi connectivity index (χ4n) is 2.63. The van der Waals surface area contributed by atoms with Crippen molar-refractivity contribution in [1.82, 2.24) is 20.2 Å². The van der Waals surface area contributed by atoms with E-state index in [1.54, 1.807) is 0 Å². The molecule has 0 aliphatic carbocycles. The van der Waals surface area contributed by atoms with Gasteiger partial charge in [0, 0.05) is 5.56 Å². The summed E-state index contributed by atoms with van der Waals surface area (Å²) in [4.78, 5) is 8.29. The van der Waals surface area contributed by atoms with Crippen molar-refractivity contribution in [3.05, 3.63) is 84.1 Å². The molecular formula is C21H16ClN7S. The van der Waals surface area contributed by atoms with Crippen LogP contribution < -0.4 is 16.0 Å². The predicted octanol–water partition coefficient (Wildman–Crippen LogP) is 5.14. The lowest BCUT2D eigenvalue weighted by Crippen LogP contribution is -2.20. The fourth-order valence-corrected chi connectivity index (χ4v) is 2.94. The molecule has 0 radical (unpaired) electrons. The van der Waals surface area contributed by atoms with E-state index < -0.39 is 0 Å². The van der Waals surface area contributed by atoms with Crippen LogP contribution in [0.1, 0.15) is 0 Å². The van der Waals surface area contributed by atoms with E-state index in [0.717, 1.165) is 22.6 Å². The van der Waals surface area contributed by atoms with Crippen LogP contribution in [-0.4, -0.2) is 25.3 Å². The monoisotopic (exact) mass is 433 g/mol. The van der Waals surface area contributed by atoms with E-state index >= 15 is 0 Å². The number of rotatable bonds is 5. The molecule has 4 aromatic rings. The van der Waals surface area contributed by atoms with Gasteiger partial charge in [0.15, 0.2) is 10.9 Å². The highest BCUT2D eigenvalue weighted by Crippen LogP contribution is 2.24. The van der Waals surface area contributed by atoms with Crippen LogP contribution in [0.2, 0.25) is 5.02 Å². The van der Waals surface area contributed by atoms with E-state index in [2.05, 4.69) is 36.1 Å². The molecule has 0 saturated carbocycles. The zero-order valence-electron chi connectivity index (χ0n) is 15.6. The topological polar surface area (TPSA) is 87.7 Å². The highest BCUT2D eigenvalue weighted by molar-refractivity contribution is 7.80. The molecule has 3 N–H and O–H groups in total. The number of hydrogen-bond acceptors (Lipinski definition) is 6. The minimum absolute atomic E-state index is 0.378. The standard InChI is InChI=1S/C21H16ClN7S/c22-15-12-23-20(24-13-15)25-17-8-4-5-9-18(17)26-21(30)27-19-11-10-16(28-29-19)14-6-2-1-3-7-14/h1-13H,(H,23,24,25)(H2,26,27,29,30). The van der Waals surface area contributed by atoms with Crippen LogP contribution in [0.15, 0.2) is 79.1 Å². The molecule has 0 unspecified atom stereocenters. The van der Waals surface area contributed by atoms with Crippen LogP contribution in [0.4, 0.5) is 23.1 Å². The highest BCUT2D eigenvalue weighted by Gasteiger charge is 2.07. The summed E-state index contributed by atoms with van der Waals surface area (Å²) in [5.74, 6) is 0.966. The van der Waals surface area contributed by atoms with Crippen molar-refractivity contribution in [1.29, 1.82) is 0 Å². The number of halogens is 1. The molecule has 30 heavy (non-hydrogen) atoms. The summed E-state index contributed by atoms with van der Waals surface area (Å²) in [6, 6.07) is 21.1. The summed E-state index contributed by atoms with van der Waals surface area (Å²) in [5.41, 5.74) is 3.30. The molecular weight excluding hydrogens is 418 g/mol. The van der Waals surface area contributed by atoms with E-state index in [-0.39, 0.29) is 0 Å². The third-order valence-corrected chi connectivity index (χ3v) is 4.42. The van der Waals surface area contributed by atoms with Gasteiger partial charge in [-0.05, 0) is 36.5 Å². The van der Waals surface area contributed by atoms with Gasteiger partial charge in [0.1, 0.15) is 0 Å². The van der Waals surface area contributed by atoms with Crippen molar-refractivity contribution in [2.24, 2.45) is 0 Å². The molecule has 0 aliphatic rings. The van der Waals surface area contributed by atoms with Crippen LogP contribution in [0.5, 0.6) is 0 Å². The Kier molecular flexibility index (Phi) is 6.07. The molecule has 7 nitrogen and oxygen atoms in total. The van der Waals surface area contributed by atoms with Crippen LogP contribution in [0.25, 0.3) is 11.3 Å². The van der Waals surface area contributed by atoms with Crippen molar-refractivity contribution >= 4 is 52.1 Å². The van der Waals surface area contributed by atoms with Gasteiger partial charge in [-0.2, -0.15) is 0 Å². The Bertz CT molecular complexity index is 1140. The molecule has 0 saturated heterocycles. The van der Waals surface area contributed by atoms with Crippen molar-refractivity contribution in [3.63, 3.8) is 0 Å². The van der Waals surface area contributed by atoms with Gasteiger partial charge in [-0.1, -0.05) is 54.1 Å². The molecule has 0 atom stereocenters. The van der Waals surface area contributed by atoms with E-state index in [4.69, 9.17) is 23.8 Å². The first kappa shape index (κ1) is 19.7. The summed E-state index contributed by atoms with van der Waals surface area (Å²) < 4.78 is 0. The first-order valence-corrected chi connectivity index (χ1v) is 9.77. The lowest BCUT2D eigenvalue weighted by Gasteiger charge is -2.14. The van der Waals surface area contributed by atoms with Gasteiger partial charge in [-0.25, -0.2) is 9.97 Å². The summed E-state index contributed by atoms with van der Waals surface area (Å²) in [6.45, 7) is 0. The quantitative estimate of drug-likeness (QED) is 0.373. The normalized spacial score (nSPS) is 10.3. The Morgan fingerprint density at radius 1 is 0.767 bits per heavy atom. The summed E-state index contributed by atoms with van der Waals surface area (Å²) in [6.07, 6.45) is 3.05. The van der Waals surface area contributed by atoms with Gasteiger partial charge in [-0.3, -0.25) is 0 Å². The van der Waals surface area contributed by atoms with Crippen LogP contribution in [-0.2, 0) is 0 Å². The number of anilines is 4. The SMILES string of the molecule is S=C(Nc1ccc(-c2ccccc2)nn1)Nc1ccccc1Nc1ncc(Cl)cn1. The number of para-hydroxylation sites is 2. The Labute approximate surface area is 183 Å². The fraction of sp³-hybridized carbons (Fsp3) is 0. The molecule has 0 fully saturated rings. The van der Waals surface area contributed by atoms with Crippen LogP contribution >= 0.6 is 23.8 Å². The Hall–Kier alpha value is -3.62. The van der Waals surface area contributed by atoms with Crippen molar-refractivity contribution in [3.8, 4) is 11.3 Å². The van der Waals surface area contributed by atoms with Gasteiger partial charge >= 0.3 is 0 Å². The van der Waals surface area contributed by atoms with Crippen molar-refractivity contribution < 1.29 is 0 Å². The predicted molar refractivity (Wildman–Crippen MR) is 124 cm³/mol. The summed E-state index contributed by atoms with van der Waals surface area (Å²) in [7, 11) is 0. The number of thiocarbonyl (C=S) groups is 1. The lowest BCUT2D eigenvalue weighted by atomic mass is 10.1. The Balaban J connectivity index is 1.42. The zero-order chi connectivity index (χ0) is 20.8. The minimum atomic E-state index is 0.378. The molecule has 4 rings (SSSR count). The average molecular weight is 434 g/mol. The Morgan fingerprint density at radius 2 is 1.47 bits per heavy atom. The maximum absolute atomic E-state index is 5.83. The second-order valence-electron chi connectivity index (χ2n) is 6.14. The summed E-state index contributed by atoms with van der Waals surface area (Å²) >= 11 is 11.3. The molecule has 0 aliphatic heterocycles. The maximum Gasteiger partial charge on any atom is 0.227 e. The van der Waals surface area contributed by atoms with E-state index in [1.165, 1.54) is 12.4 Å². The number of hydrogen-bond donors (Lipinski definition) is 3. The van der Waals surface area contributed by atoms with Gasteiger partial charge in [0.25, 0.3) is 0 Å². The smallest absolute Gasteiger partial charge is 0.227 e. The van der Waals surface area contributed by atoms with Gasteiger partial charge in [0.2, 0.25) is 5.95 Å². The highest BCUT2D eigenvalue weighted by atomic mass is 35.5. The summed E-state index contributed by atoms with van der Waals surface area (Å²) in [5, 5.41) is 18.6. The third-order valence-electron chi connectivity index (χ3n) is 4.02. The zero-order valence-corrected chi connectivity index (χ0v) is 17.2. The molecule has 0 spiro atoms. The van der Waals surface area contributed by atoms with Crippen molar-refractivity contribution in [2.75, 3.05) is 16.0 Å². The number of benzene rings is 2. The second-order valence-corrected chi connectivity index (χ2v) is 6.99. The first-order chi connectivity index (χ1) is 14.7. The Morgan fingerprint density at radius 3 is 2.17 bits per heavy atom.